The van der Waals surface area contributed by atoms with E-state index in [1.807, 2.05) is 0 Å². The fraction of sp³-hybridized carbons (Fsp3) is 0.429. The van der Waals surface area contributed by atoms with Crippen molar-refractivity contribution >= 4 is 5.69 Å². The second-order valence-electron chi connectivity index (χ2n) is 7.53. The minimum absolute atomic E-state index is 0.0599. The highest BCUT2D eigenvalue weighted by Crippen LogP contribution is 2.43. The highest BCUT2D eigenvalue weighted by atomic mass is 16.6. The fourth-order valence-corrected chi connectivity index (χ4v) is 4.69. The van der Waals surface area contributed by atoms with Gasteiger partial charge in [0.05, 0.1) is 11.0 Å². The second kappa shape index (κ2) is 7.17. The number of aliphatic hydroxyl groups is 1. The smallest absolute Gasteiger partial charge is 0.269 e. The average Bonchev–Trinajstić information content (AvgIpc) is 2.90. The lowest BCUT2D eigenvalue weighted by molar-refractivity contribution is -0.384. The molecule has 4 atom stereocenters. The summed E-state index contributed by atoms with van der Waals surface area (Å²) in [7, 11) is 0. The Balaban J connectivity index is 1.42. The molecule has 5 nitrogen and oxygen atoms in total. The van der Waals surface area contributed by atoms with Crippen LogP contribution in [0.5, 0.6) is 0 Å². The number of fused-ring (bicyclic) bond motifs is 2. The molecule has 1 N–H and O–H groups in total. The summed E-state index contributed by atoms with van der Waals surface area (Å²) in [6.45, 7) is 0.606. The number of non-ortho nitro benzene ring substituents is 1. The van der Waals surface area contributed by atoms with Gasteiger partial charge in [-0.15, -0.1) is 0 Å². The van der Waals surface area contributed by atoms with Crippen LogP contribution in [0.15, 0.2) is 54.6 Å². The number of nitro benzene ring substituents is 1. The van der Waals surface area contributed by atoms with Crippen molar-refractivity contribution in [2.45, 2.75) is 49.8 Å². The Kier molecular flexibility index (Phi) is 4.74. The van der Waals surface area contributed by atoms with Gasteiger partial charge in [-0.3, -0.25) is 15.0 Å². The summed E-state index contributed by atoms with van der Waals surface area (Å²) in [6, 6.07) is 18.1. The summed E-state index contributed by atoms with van der Waals surface area (Å²) in [5.41, 5.74) is 2.24. The molecule has 2 saturated heterocycles. The Labute approximate surface area is 153 Å². The minimum Gasteiger partial charge on any atom is -0.387 e. The quantitative estimate of drug-likeness (QED) is 0.651. The first-order valence-corrected chi connectivity index (χ1v) is 9.35. The number of benzene rings is 2. The molecule has 2 bridgehead atoms. The maximum atomic E-state index is 10.8. The van der Waals surface area contributed by atoms with E-state index in [0.29, 0.717) is 24.5 Å². The zero-order valence-electron chi connectivity index (χ0n) is 14.7. The molecule has 2 aromatic carbocycles. The van der Waals surface area contributed by atoms with E-state index in [1.54, 1.807) is 12.1 Å². The lowest BCUT2D eigenvalue weighted by Gasteiger charge is -2.40. The monoisotopic (exact) mass is 352 g/mol. The van der Waals surface area contributed by atoms with Crippen molar-refractivity contribution in [2.24, 2.45) is 0 Å². The molecule has 0 saturated carbocycles. The molecule has 136 valence electrons. The van der Waals surface area contributed by atoms with Crippen LogP contribution in [0, 0.1) is 10.1 Å². The van der Waals surface area contributed by atoms with Crippen LogP contribution in [0.2, 0.25) is 0 Å². The number of nitro groups is 1. The zero-order chi connectivity index (χ0) is 18.1. The van der Waals surface area contributed by atoms with E-state index < -0.39 is 11.0 Å². The minimum atomic E-state index is -0.604. The Morgan fingerprint density at radius 3 is 2.23 bits per heavy atom. The molecule has 2 aliphatic heterocycles. The van der Waals surface area contributed by atoms with Crippen LogP contribution in [0.25, 0.3) is 0 Å². The van der Waals surface area contributed by atoms with E-state index in [1.165, 1.54) is 30.5 Å². The molecule has 2 aromatic rings. The second-order valence-corrected chi connectivity index (χ2v) is 7.53. The average molecular weight is 352 g/mol. The Morgan fingerprint density at radius 1 is 1.04 bits per heavy atom. The number of rotatable bonds is 5. The number of hydrogen-bond acceptors (Lipinski definition) is 4. The largest absolute Gasteiger partial charge is 0.387 e. The van der Waals surface area contributed by atoms with Crippen LogP contribution >= 0.6 is 0 Å². The molecule has 26 heavy (non-hydrogen) atoms. The van der Waals surface area contributed by atoms with E-state index in [0.717, 1.165) is 18.4 Å². The predicted molar refractivity (Wildman–Crippen MR) is 100.0 cm³/mol. The maximum Gasteiger partial charge on any atom is 0.269 e. The molecule has 0 amide bonds. The number of aliphatic hydroxyl groups excluding tert-OH is 1. The van der Waals surface area contributed by atoms with Crippen LogP contribution in [0.1, 0.15) is 48.8 Å². The summed E-state index contributed by atoms with van der Waals surface area (Å²) < 4.78 is 0. The van der Waals surface area contributed by atoms with E-state index in [2.05, 4.69) is 35.2 Å². The Morgan fingerprint density at radius 2 is 1.65 bits per heavy atom. The van der Waals surface area contributed by atoms with Gasteiger partial charge in [-0.25, -0.2) is 0 Å². The lowest BCUT2D eigenvalue weighted by atomic mass is 9.85. The van der Waals surface area contributed by atoms with Crippen LogP contribution in [-0.2, 0) is 0 Å². The summed E-state index contributed by atoms with van der Waals surface area (Å²) in [5.74, 6) is 0.612. The van der Waals surface area contributed by atoms with Crippen LogP contribution in [0.3, 0.4) is 0 Å². The zero-order valence-corrected chi connectivity index (χ0v) is 14.7. The SMILES string of the molecule is O=[N+]([O-])c1ccc(C(O)CN2[C@@H]3CC[C@H]2CC(c2ccccc2)C3)cc1. The summed E-state index contributed by atoms with van der Waals surface area (Å²) in [6.07, 6.45) is 4.08. The third-order valence-corrected chi connectivity index (χ3v) is 6.03. The van der Waals surface area contributed by atoms with Gasteiger partial charge in [0.1, 0.15) is 0 Å². The predicted octanol–water partition coefficient (Wildman–Crippen LogP) is 4.04. The summed E-state index contributed by atoms with van der Waals surface area (Å²) in [5, 5.41) is 21.4. The van der Waals surface area contributed by atoms with Gasteiger partial charge in [0.25, 0.3) is 5.69 Å². The van der Waals surface area contributed by atoms with Crippen molar-refractivity contribution in [1.82, 2.24) is 4.90 Å². The van der Waals surface area contributed by atoms with Crippen molar-refractivity contribution in [3.05, 3.63) is 75.8 Å². The first-order chi connectivity index (χ1) is 12.6. The van der Waals surface area contributed by atoms with E-state index in [-0.39, 0.29) is 5.69 Å². The normalized spacial score (nSPS) is 26.6. The van der Waals surface area contributed by atoms with Crippen molar-refractivity contribution < 1.29 is 10.0 Å². The molecule has 0 aromatic heterocycles. The first-order valence-electron chi connectivity index (χ1n) is 9.35. The molecular weight excluding hydrogens is 328 g/mol. The lowest BCUT2D eigenvalue weighted by Crippen LogP contribution is -2.44. The number of hydrogen-bond donors (Lipinski definition) is 1. The van der Waals surface area contributed by atoms with Crippen LogP contribution < -0.4 is 0 Å². The standard InChI is InChI=1S/C21H24N2O3/c24-21(16-6-8-18(9-7-16)23(25)26)14-22-19-10-11-20(22)13-17(12-19)15-4-2-1-3-5-15/h1-9,17,19-21,24H,10-14H2/t17?,19-,20+,21?. The maximum absolute atomic E-state index is 10.8. The molecule has 2 aliphatic rings. The molecule has 0 spiro atoms. The molecule has 2 fully saturated rings. The first kappa shape index (κ1) is 17.2. The van der Waals surface area contributed by atoms with Crippen molar-refractivity contribution in [3.63, 3.8) is 0 Å². The molecule has 2 unspecified atom stereocenters. The van der Waals surface area contributed by atoms with Crippen LogP contribution in [-0.4, -0.2) is 33.6 Å². The molecular formula is C21H24N2O3. The summed E-state index contributed by atoms with van der Waals surface area (Å²) in [4.78, 5) is 12.8. The molecule has 4 rings (SSSR count). The molecule has 2 heterocycles. The number of nitrogens with zero attached hydrogens (tertiary/aromatic N) is 2. The van der Waals surface area contributed by atoms with Gasteiger partial charge in [-0.2, -0.15) is 0 Å². The van der Waals surface area contributed by atoms with Gasteiger partial charge in [0, 0.05) is 30.8 Å². The highest BCUT2D eigenvalue weighted by molar-refractivity contribution is 5.34. The van der Waals surface area contributed by atoms with Gasteiger partial charge in [-0.05, 0) is 54.9 Å². The van der Waals surface area contributed by atoms with Crippen LogP contribution in [0.4, 0.5) is 5.69 Å². The topological polar surface area (TPSA) is 66.6 Å². The van der Waals surface area contributed by atoms with Gasteiger partial charge in [0.2, 0.25) is 0 Å². The van der Waals surface area contributed by atoms with Crippen molar-refractivity contribution in [1.29, 1.82) is 0 Å². The molecule has 0 aliphatic carbocycles. The van der Waals surface area contributed by atoms with Gasteiger partial charge in [-0.1, -0.05) is 30.3 Å². The van der Waals surface area contributed by atoms with E-state index in [4.69, 9.17) is 0 Å². The Hall–Kier alpha value is -2.24. The van der Waals surface area contributed by atoms with Gasteiger partial charge < -0.3 is 5.11 Å². The van der Waals surface area contributed by atoms with Gasteiger partial charge >= 0.3 is 0 Å². The third kappa shape index (κ3) is 3.37. The fourth-order valence-electron chi connectivity index (χ4n) is 4.69. The van der Waals surface area contributed by atoms with Crippen molar-refractivity contribution in [3.8, 4) is 0 Å². The highest BCUT2D eigenvalue weighted by Gasteiger charge is 2.41. The van der Waals surface area contributed by atoms with E-state index in [9.17, 15) is 15.2 Å². The Bertz CT molecular complexity index is 749. The molecule has 5 heteroatoms. The van der Waals surface area contributed by atoms with E-state index >= 15 is 0 Å². The number of piperidine rings is 1. The summed E-state index contributed by atoms with van der Waals surface area (Å²) >= 11 is 0. The third-order valence-electron chi connectivity index (χ3n) is 6.03. The van der Waals surface area contributed by atoms with Gasteiger partial charge in [0.15, 0.2) is 0 Å². The van der Waals surface area contributed by atoms with Crippen molar-refractivity contribution in [2.75, 3.05) is 6.54 Å². The molecule has 0 radical (unpaired) electrons.